The molecule has 1 aliphatic heterocycles. The Kier molecular flexibility index (Phi) is 5.36. The fourth-order valence-electron chi connectivity index (χ4n) is 2.83. The van der Waals surface area contributed by atoms with Crippen molar-refractivity contribution in [2.24, 2.45) is 0 Å². The largest absolute Gasteiger partial charge is 0.465 e. The van der Waals surface area contributed by atoms with Gasteiger partial charge in [-0.3, -0.25) is 0 Å². The molecule has 3 rings (SSSR count). The summed E-state index contributed by atoms with van der Waals surface area (Å²) in [6.45, 7) is 0.431. The number of hydrogen-bond acceptors (Lipinski definition) is 5. The van der Waals surface area contributed by atoms with Crippen molar-refractivity contribution in [3.05, 3.63) is 65.5 Å². The molecule has 0 N–H and O–H groups in total. The Morgan fingerprint density at radius 2 is 1.88 bits per heavy atom. The van der Waals surface area contributed by atoms with Gasteiger partial charge in [-0.05, 0) is 29.8 Å². The lowest BCUT2D eigenvalue weighted by Gasteiger charge is -2.32. The molecule has 26 heavy (non-hydrogen) atoms. The van der Waals surface area contributed by atoms with Gasteiger partial charge in [-0.1, -0.05) is 24.3 Å². The maximum atomic E-state index is 13.1. The number of rotatable bonds is 4. The third-order valence-corrected chi connectivity index (χ3v) is 6.10. The Morgan fingerprint density at radius 3 is 2.58 bits per heavy atom. The van der Waals surface area contributed by atoms with Crippen molar-refractivity contribution in [2.45, 2.75) is 11.0 Å². The third-order valence-electron chi connectivity index (χ3n) is 4.18. The smallest absolute Gasteiger partial charge is 0.339 e. The second-order valence-corrected chi connectivity index (χ2v) is 7.67. The quantitative estimate of drug-likeness (QED) is 0.763. The first kappa shape index (κ1) is 18.5. The van der Waals surface area contributed by atoms with Crippen LogP contribution in [0, 0.1) is 5.82 Å². The average molecular weight is 379 g/mol. The highest BCUT2D eigenvalue weighted by atomic mass is 32.2. The number of morpholine rings is 1. The molecule has 0 aliphatic carbocycles. The summed E-state index contributed by atoms with van der Waals surface area (Å²) in [7, 11) is -2.72. The predicted molar refractivity (Wildman–Crippen MR) is 91.6 cm³/mol. The van der Waals surface area contributed by atoms with Gasteiger partial charge in [0.25, 0.3) is 0 Å². The van der Waals surface area contributed by atoms with E-state index in [2.05, 4.69) is 4.74 Å². The molecule has 8 heteroatoms. The van der Waals surface area contributed by atoms with Crippen molar-refractivity contribution >= 4 is 16.0 Å². The Hall–Kier alpha value is -2.29. The first-order chi connectivity index (χ1) is 12.4. The number of carbonyl (C=O) groups excluding carboxylic acids is 1. The van der Waals surface area contributed by atoms with Crippen LogP contribution in [0.25, 0.3) is 0 Å². The van der Waals surface area contributed by atoms with Crippen LogP contribution < -0.4 is 0 Å². The molecular formula is C18H18FNO5S. The lowest BCUT2D eigenvalue weighted by atomic mass is 10.1. The van der Waals surface area contributed by atoms with Gasteiger partial charge >= 0.3 is 5.97 Å². The van der Waals surface area contributed by atoms with Gasteiger partial charge in [-0.15, -0.1) is 0 Å². The summed E-state index contributed by atoms with van der Waals surface area (Å²) < 4.78 is 50.8. The van der Waals surface area contributed by atoms with E-state index in [1.807, 2.05) is 0 Å². The minimum absolute atomic E-state index is 0.0141. The molecule has 1 aliphatic rings. The fraction of sp³-hybridized carbons (Fsp3) is 0.278. The summed E-state index contributed by atoms with van der Waals surface area (Å²) in [4.78, 5) is 11.8. The number of sulfonamides is 1. The van der Waals surface area contributed by atoms with E-state index < -0.39 is 22.1 Å². The Balaban J connectivity index is 1.90. The zero-order valence-electron chi connectivity index (χ0n) is 14.1. The zero-order valence-corrected chi connectivity index (χ0v) is 14.9. The number of nitrogens with zero attached hydrogens (tertiary/aromatic N) is 1. The summed E-state index contributed by atoms with van der Waals surface area (Å²) in [6.07, 6.45) is -0.510. The van der Waals surface area contributed by atoms with Crippen LogP contribution in [0.3, 0.4) is 0 Å². The minimum Gasteiger partial charge on any atom is -0.465 e. The maximum Gasteiger partial charge on any atom is 0.339 e. The summed E-state index contributed by atoms with van der Waals surface area (Å²) in [6, 6.07) is 11.7. The second-order valence-electron chi connectivity index (χ2n) is 5.76. The van der Waals surface area contributed by atoms with Crippen molar-refractivity contribution < 1.29 is 27.1 Å². The molecule has 1 atom stereocenters. The summed E-state index contributed by atoms with van der Waals surface area (Å²) in [5.74, 6) is -1.09. The van der Waals surface area contributed by atoms with Gasteiger partial charge in [0.05, 0.1) is 30.3 Å². The lowest BCUT2D eigenvalue weighted by Crippen LogP contribution is -2.42. The number of methoxy groups -OCH3 is 1. The van der Waals surface area contributed by atoms with Crippen LogP contribution in [0.2, 0.25) is 0 Å². The van der Waals surface area contributed by atoms with Crippen LogP contribution in [0.15, 0.2) is 53.4 Å². The van der Waals surface area contributed by atoms with E-state index in [-0.39, 0.29) is 36.0 Å². The zero-order chi connectivity index (χ0) is 18.7. The molecule has 0 saturated carbocycles. The van der Waals surface area contributed by atoms with Crippen molar-refractivity contribution in [1.29, 1.82) is 0 Å². The van der Waals surface area contributed by atoms with E-state index in [9.17, 15) is 17.6 Å². The number of hydrogen-bond donors (Lipinski definition) is 0. The topological polar surface area (TPSA) is 72.9 Å². The molecule has 0 bridgehead atoms. The molecule has 2 aromatic carbocycles. The monoisotopic (exact) mass is 379 g/mol. The number of benzene rings is 2. The van der Waals surface area contributed by atoms with Gasteiger partial charge in [-0.2, -0.15) is 4.31 Å². The molecule has 1 saturated heterocycles. The standard InChI is InChI=1S/C18H18FNO5S/c1-24-18(21)15-4-2-3-5-17(15)26(22,23)20-10-11-25-16(12-20)13-6-8-14(19)9-7-13/h2-9,16H,10-12H2,1H3. The predicted octanol–water partition coefficient (Wildman–Crippen LogP) is 2.37. The van der Waals surface area contributed by atoms with Crippen molar-refractivity contribution in [3.63, 3.8) is 0 Å². The number of esters is 1. The highest BCUT2D eigenvalue weighted by Crippen LogP contribution is 2.28. The molecule has 0 spiro atoms. The molecule has 0 radical (unpaired) electrons. The molecule has 6 nitrogen and oxygen atoms in total. The highest BCUT2D eigenvalue weighted by molar-refractivity contribution is 7.89. The SMILES string of the molecule is COC(=O)c1ccccc1S(=O)(=O)N1CCOC(c2ccc(F)cc2)C1. The van der Waals surface area contributed by atoms with E-state index >= 15 is 0 Å². The minimum atomic E-state index is -3.92. The Bertz CT molecular complexity index is 898. The van der Waals surface area contributed by atoms with E-state index in [0.717, 1.165) is 0 Å². The van der Waals surface area contributed by atoms with Crippen molar-refractivity contribution in [3.8, 4) is 0 Å². The third kappa shape index (κ3) is 3.62. The normalized spacial score (nSPS) is 18.5. The lowest BCUT2D eigenvalue weighted by molar-refractivity contribution is -0.00260. The van der Waals surface area contributed by atoms with Gasteiger partial charge in [0.1, 0.15) is 5.82 Å². The van der Waals surface area contributed by atoms with E-state index in [1.54, 1.807) is 24.3 Å². The van der Waals surface area contributed by atoms with Crippen LogP contribution in [0.5, 0.6) is 0 Å². The van der Waals surface area contributed by atoms with Gasteiger partial charge in [-0.25, -0.2) is 17.6 Å². The van der Waals surface area contributed by atoms with Crippen LogP contribution in [-0.4, -0.2) is 45.5 Å². The fourth-order valence-corrected chi connectivity index (χ4v) is 4.44. The van der Waals surface area contributed by atoms with E-state index in [0.29, 0.717) is 5.56 Å². The Morgan fingerprint density at radius 1 is 1.19 bits per heavy atom. The number of carbonyl (C=O) groups is 1. The van der Waals surface area contributed by atoms with Gasteiger partial charge in [0, 0.05) is 13.1 Å². The van der Waals surface area contributed by atoms with Crippen molar-refractivity contribution in [1.82, 2.24) is 4.31 Å². The van der Waals surface area contributed by atoms with Crippen LogP contribution in [0.1, 0.15) is 22.0 Å². The number of ether oxygens (including phenoxy) is 2. The molecule has 138 valence electrons. The molecule has 1 unspecified atom stereocenters. The Labute approximate surface area is 151 Å². The van der Waals surface area contributed by atoms with E-state index in [1.165, 1.54) is 35.7 Å². The van der Waals surface area contributed by atoms with Gasteiger partial charge in [0.15, 0.2) is 0 Å². The maximum absolute atomic E-state index is 13.1. The second kappa shape index (κ2) is 7.53. The summed E-state index contributed by atoms with van der Waals surface area (Å²) >= 11 is 0. The van der Waals surface area contributed by atoms with Crippen LogP contribution in [0.4, 0.5) is 4.39 Å². The average Bonchev–Trinajstić information content (AvgIpc) is 2.68. The first-order valence-corrected chi connectivity index (χ1v) is 9.42. The van der Waals surface area contributed by atoms with Gasteiger partial charge in [0.2, 0.25) is 10.0 Å². The molecular weight excluding hydrogens is 361 g/mol. The number of halogens is 1. The molecule has 1 fully saturated rings. The van der Waals surface area contributed by atoms with Crippen LogP contribution in [-0.2, 0) is 19.5 Å². The summed E-state index contributed by atoms with van der Waals surface area (Å²) in [5, 5.41) is 0. The molecule has 1 heterocycles. The highest BCUT2D eigenvalue weighted by Gasteiger charge is 2.34. The first-order valence-electron chi connectivity index (χ1n) is 7.98. The van der Waals surface area contributed by atoms with Crippen molar-refractivity contribution in [2.75, 3.05) is 26.8 Å². The summed E-state index contributed by atoms with van der Waals surface area (Å²) in [5.41, 5.74) is 0.673. The van der Waals surface area contributed by atoms with Crippen LogP contribution >= 0.6 is 0 Å². The van der Waals surface area contributed by atoms with Gasteiger partial charge < -0.3 is 9.47 Å². The molecule has 0 aromatic heterocycles. The molecule has 0 amide bonds. The molecule has 2 aromatic rings. The van der Waals surface area contributed by atoms with E-state index in [4.69, 9.17) is 4.74 Å².